The smallest absolute Gasteiger partial charge is 0.410 e. The molecule has 0 bridgehead atoms. The Bertz CT molecular complexity index is 459. The van der Waals surface area contributed by atoms with Gasteiger partial charge in [0.2, 0.25) is 5.91 Å². The molecule has 0 aliphatic carbocycles. The van der Waals surface area contributed by atoms with E-state index in [1.807, 2.05) is 25.7 Å². The fourth-order valence-electron chi connectivity index (χ4n) is 3.39. The van der Waals surface area contributed by atoms with E-state index < -0.39 is 5.60 Å². The highest BCUT2D eigenvalue weighted by atomic mass is 35.5. The van der Waals surface area contributed by atoms with Crippen molar-refractivity contribution >= 4 is 23.6 Å². The van der Waals surface area contributed by atoms with E-state index in [0.717, 1.165) is 6.42 Å². The minimum absolute atomic E-state index is 0.0906. The second kappa shape index (κ2) is 5.91. The number of hydrogen-bond donors (Lipinski definition) is 0. The Morgan fingerprint density at radius 1 is 1.36 bits per heavy atom. The zero-order valence-electron chi connectivity index (χ0n) is 14.2. The number of piperidine rings is 1. The summed E-state index contributed by atoms with van der Waals surface area (Å²) in [5.74, 6) is 0.129. The first kappa shape index (κ1) is 17.4. The number of amides is 2. The number of halogens is 1. The molecule has 0 spiro atoms. The lowest BCUT2D eigenvalue weighted by molar-refractivity contribution is -0.133. The molecule has 0 N–H and O–H groups in total. The minimum Gasteiger partial charge on any atom is -0.444 e. The van der Waals surface area contributed by atoms with Gasteiger partial charge in [0.05, 0.1) is 5.38 Å². The van der Waals surface area contributed by atoms with Crippen LogP contribution >= 0.6 is 11.6 Å². The summed E-state index contributed by atoms with van der Waals surface area (Å²) < 4.78 is 5.45. The molecule has 2 rings (SSSR count). The molecule has 6 heteroatoms. The quantitative estimate of drug-likeness (QED) is 0.695. The Hall–Kier alpha value is -0.970. The van der Waals surface area contributed by atoms with Crippen molar-refractivity contribution < 1.29 is 14.3 Å². The van der Waals surface area contributed by atoms with Crippen molar-refractivity contribution in [2.75, 3.05) is 19.6 Å². The Morgan fingerprint density at radius 2 is 2.00 bits per heavy atom. The van der Waals surface area contributed by atoms with Gasteiger partial charge in [-0.2, -0.15) is 0 Å². The molecule has 22 heavy (non-hydrogen) atoms. The van der Waals surface area contributed by atoms with Gasteiger partial charge < -0.3 is 14.5 Å². The maximum absolute atomic E-state index is 12.2. The summed E-state index contributed by atoms with van der Waals surface area (Å²) in [6.07, 6.45) is 0.910. The molecule has 2 fully saturated rings. The second-order valence-electron chi connectivity index (χ2n) is 8.04. The number of carbonyl (C=O) groups excluding carboxylic acids is 2. The average molecular weight is 331 g/mol. The highest BCUT2D eigenvalue weighted by Crippen LogP contribution is 2.36. The molecule has 2 aliphatic heterocycles. The molecule has 2 atom stereocenters. The molecule has 0 saturated carbocycles. The van der Waals surface area contributed by atoms with E-state index in [4.69, 9.17) is 16.3 Å². The molecular weight excluding hydrogens is 304 g/mol. The van der Waals surface area contributed by atoms with Gasteiger partial charge in [-0.25, -0.2) is 4.79 Å². The van der Waals surface area contributed by atoms with Crippen LogP contribution in [0, 0.1) is 5.41 Å². The highest BCUT2D eigenvalue weighted by Gasteiger charge is 2.45. The first-order valence-electron chi connectivity index (χ1n) is 7.91. The van der Waals surface area contributed by atoms with E-state index in [1.165, 1.54) is 0 Å². The number of hydrogen-bond acceptors (Lipinski definition) is 3. The predicted octanol–water partition coefficient (Wildman–Crippen LogP) is 2.86. The van der Waals surface area contributed by atoms with Gasteiger partial charge in [-0.3, -0.25) is 4.79 Å². The van der Waals surface area contributed by atoms with Crippen molar-refractivity contribution in [3.05, 3.63) is 0 Å². The highest BCUT2D eigenvalue weighted by molar-refractivity contribution is 6.22. The van der Waals surface area contributed by atoms with Crippen LogP contribution in [0.25, 0.3) is 0 Å². The monoisotopic (exact) mass is 330 g/mol. The van der Waals surface area contributed by atoms with Gasteiger partial charge in [0.15, 0.2) is 0 Å². The topological polar surface area (TPSA) is 49.9 Å². The van der Waals surface area contributed by atoms with E-state index >= 15 is 0 Å². The first-order valence-corrected chi connectivity index (χ1v) is 8.35. The zero-order valence-corrected chi connectivity index (χ0v) is 14.9. The summed E-state index contributed by atoms with van der Waals surface area (Å²) in [5.41, 5.74) is -0.666. The Labute approximate surface area is 137 Å². The van der Waals surface area contributed by atoms with Gasteiger partial charge >= 0.3 is 6.09 Å². The van der Waals surface area contributed by atoms with E-state index in [-0.39, 0.29) is 28.8 Å². The lowest BCUT2D eigenvalue weighted by Crippen LogP contribution is -2.57. The maximum Gasteiger partial charge on any atom is 0.410 e. The van der Waals surface area contributed by atoms with Crippen molar-refractivity contribution in [2.24, 2.45) is 5.41 Å². The van der Waals surface area contributed by atoms with Crippen LogP contribution in [0.3, 0.4) is 0 Å². The molecular formula is C16H27ClN2O3. The molecule has 0 aromatic rings. The maximum atomic E-state index is 12.2. The predicted molar refractivity (Wildman–Crippen MR) is 86.0 cm³/mol. The number of ether oxygens (including phenoxy) is 1. The molecule has 5 nitrogen and oxygen atoms in total. The van der Waals surface area contributed by atoms with Crippen molar-refractivity contribution in [3.63, 3.8) is 0 Å². The van der Waals surface area contributed by atoms with Crippen LogP contribution in [-0.2, 0) is 9.53 Å². The third-order valence-electron chi connectivity index (χ3n) is 4.31. The number of nitrogens with zero attached hydrogens (tertiary/aromatic N) is 2. The van der Waals surface area contributed by atoms with Gasteiger partial charge in [0, 0.05) is 37.5 Å². The molecule has 0 radical (unpaired) electrons. The van der Waals surface area contributed by atoms with E-state index in [1.54, 1.807) is 4.90 Å². The van der Waals surface area contributed by atoms with Gasteiger partial charge in [-0.15, -0.1) is 11.6 Å². The summed E-state index contributed by atoms with van der Waals surface area (Å²) >= 11 is 6.12. The summed E-state index contributed by atoms with van der Waals surface area (Å²) in [6.45, 7) is 11.6. The minimum atomic E-state index is -0.491. The summed E-state index contributed by atoms with van der Waals surface area (Å²) in [6, 6.07) is 0.127. The van der Waals surface area contributed by atoms with E-state index in [2.05, 4.69) is 13.8 Å². The second-order valence-corrected chi connectivity index (χ2v) is 8.66. The molecule has 0 aromatic carbocycles. The third-order valence-corrected chi connectivity index (χ3v) is 4.60. The normalized spacial score (nSPS) is 28.9. The first-order chi connectivity index (χ1) is 9.99. The largest absolute Gasteiger partial charge is 0.444 e. The molecule has 2 amide bonds. The van der Waals surface area contributed by atoms with Gasteiger partial charge in [-0.1, -0.05) is 13.8 Å². The number of rotatable bonds is 1. The lowest BCUT2D eigenvalue weighted by Gasteiger charge is -2.47. The fourth-order valence-corrected chi connectivity index (χ4v) is 3.67. The van der Waals surface area contributed by atoms with Gasteiger partial charge in [0.25, 0.3) is 0 Å². The van der Waals surface area contributed by atoms with Crippen molar-refractivity contribution in [1.82, 2.24) is 9.80 Å². The van der Waals surface area contributed by atoms with Crippen LogP contribution in [0.1, 0.15) is 47.5 Å². The number of alkyl halides is 1. The van der Waals surface area contributed by atoms with Crippen LogP contribution < -0.4 is 0 Å². The summed E-state index contributed by atoms with van der Waals surface area (Å²) in [4.78, 5) is 28.0. The molecule has 2 unspecified atom stereocenters. The standard InChI is InChI=1S/C16H27ClN2O3/c1-15(2,3)22-14(21)18-7-6-12(16(4,5)10-18)19-9-11(17)8-13(19)20/h11-12H,6-10H2,1-5H3. The molecule has 2 saturated heterocycles. The van der Waals surface area contributed by atoms with E-state index in [9.17, 15) is 9.59 Å². The summed E-state index contributed by atoms with van der Waals surface area (Å²) in [7, 11) is 0. The van der Waals surface area contributed by atoms with Crippen molar-refractivity contribution in [3.8, 4) is 0 Å². The Kier molecular flexibility index (Phi) is 4.67. The van der Waals surface area contributed by atoms with Crippen LogP contribution in [-0.4, -0.2) is 58.5 Å². The Balaban J connectivity index is 2.03. The SMILES string of the molecule is CC(C)(C)OC(=O)N1CCC(N2CC(Cl)CC2=O)C(C)(C)C1. The molecule has 2 aliphatic rings. The van der Waals surface area contributed by atoms with Crippen LogP contribution in [0.2, 0.25) is 0 Å². The third kappa shape index (κ3) is 3.86. The lowest BCUT2D eigenvalue weighted by atomic mass is 9.78. The number of carbonyl (C=O) groups is 2. The molecule has 2 heterocycles. The van der Waals surface area contributed by atoms with Gasteiger partial charge in [0.1, 0.15) is 5.60 Å². The van der Waals surface area contributed by atoms with Crippen molar-refractivity contribution in [2.45, 2.75) is 64.5 Å². The van der Waals surface area contributed by atoms with Crippen molar-refractivity contribution in [1.29, 1.82) is 0 Å². The van der Waals surface area contributed by atoms with Crippen LogP contribution in [0.5, 0.6) is 0 Å². The van der Waals surface area contributed by atoms with Gasteiger partial charge in [-0.05, 0) is 27.2 Å². The zero-order chi connectivity index (χ0) is 16.7. The van der Waals surface area contributed by atoms with Crippen LogP contribution in [0.15, 0.2) is 0 Å². The van der Waals surface area contributed by atoms with E-state index in [0.29, 0.717) is 26.1 Å². The molecule has 126 valence electrons. The fraction of sp³-hybridized carbons (Fsp3) is 0.875. The number of likely N-dealkylation sites (tertiary alicyclic amines) is 2. The molecule has 0 aromatic heterocycles. The van der Waals surface area contributed by atoms with Crippen LogP contribution in [0.4, 0.5) is 4.79 Å². The average Bonchev–Trinajstić information content (AvgIpc) is 2.64. The Morgan fingerprint density at radius 3 is 2.45 bits per heavy atom. The summed E-state index contributed by atoms with van der Waals surface area (Å²) in [5, 5.41) is -0.0906.